The maximum absolute atomic E-state index is 12.4. The van der Waals surface area contributed by atoms with Crippen molar-refractivity contribution in [3.05, 3.63) is 30.1 Å². The summed E-state index contributed by atoms with van der Waals surface area (Å²) in [6, 6.07) is 4.81. The fraction of sp³-hybridized carbons (Fsp3) is 0.714. The average Bonchev–Trinajstić information content (AvgIpc) is 2.72. The number of piperidine rings is 2. The van der Waals surface area contributed by atoms with Crippen LogP contribution in [0.5, 0.6) is 0 Å². The fourth-order valence-electron chi connectivity index (χ4n) is 4.33. The monoisotopic (exact) mass is 374 g/mol. The lowest BCUT2D eigenvalue weighted by molar-refractivity contribution is -0.127. The Morgan fingerprint density at radius 2 is 1.93 bits per heavy atom. The molecule has 2 aliphatic heterocycles. The van der Waals surface area contributed by atoms with Gasteiger partial charge >= 0.3 is 0 Å². The number of likely N-dealkylation sites (tertiary alicyclic amines) is 2. The predicted molar refractivity (Wildman–Crippen MR) is 106 cm³/mol. The van der Waals surface area contributed by atoms with Gasteiger partial charge in [0.05, 0.1) is 5.92 Å². The third-order valence-electron chi connectivity index (χ3n) is 5.94. The van der Waals surface area contributed by atoms with Crippen molar-refractivity contribution >= 4 is 5.91 Å². The highest BCUT2D eigenvalue weighted by Gasteiger charge is 2.31. The first kappa shape index (κ1) is 20.2. The summed E-state index contributed by atoms with van der Waals surface area (Å²) in [5.74, 6) is 0.329. The molecule has 1 aromatic rings. The zero-order chi connectivity index (χ0) is 18.9. The van der Waals surface area contributed by atoms with E-state index < -0.39 is 0 Å². The number of pyridine rings is 1. The van der Waals surface area contributed by atoms with E-state index >= 15 is 0 Å². The highest BCUT2D eigenvalue weighted by atomic mass is 16.3. The summed E-state index contributed by atoms with van der Waals surface area (Å²) >= 11 is 0. The number of unbranched alkanes of at least 4 members (excludes halogenated alkanes) is 1. The van der Waals surface area contributed by atoms with E-state index in [-0.39, 0.29) is 18.4 Å². The molecule has 0 unspecified atom stereocenters. The highest BCUT2D eigenvalue weighted by molar-refractivity contribution is 5.78. The molecule has 6 heteroatoms. The van der Waals surface area contributed by atoms with Crippen molar-refractivity contribution in [3.8, 4) is 0 Å². The van der Waals surface area contributed by atoms with Gasteiger partial charge in [0, 0.05) is 44.7 Å². The molecule has 3 rings (SSSR count). The number of rotatable bonds is 8. The second-order valence-corrected chi connectivity index (χ2v) is 7.92. The summed E-state index contributed by atoms with van der Waals surface area (Å²) in [6.07, 6.45) is 9.85. The molecule has 2 aliphatic rings. The molecule has 0 aliphatic carbocycles. The van der Waals surface area contributed by atoms with Crippen LogP contribution in [0.2, 0.25) is 0 Å². The number of aromatic nitrogens is 1. The van der Waals surface area contributed by atoms with Crippen LogP contribution in [0.25, 0.3) is 0 Å². The molecule has 2 fully saturated rings. The number of amides is 1. The van der Waals surface area contributed by atoms with Gasteiger partial charge in [0.2, 0.25) is 5.91 Å². The third kappa shape index (κ3) is 6.26. The number of hydrogen-bond donors (Lipinski definition) is 2. The first-order valence-corrected chi connectivity index (χ1v) is 10.5. The molecule has 1 aromatic heterocycles. The average molecular weight is 375 g/mol. The van der Waals surface area contributed by atoms with Crippen LogP contribution in [0.3, 0.4) is 0 Å². The van der Waals surface area contributed by atoms with Gasteiger partial charge in [-0.25, -0.2) is 0 Å². The molecule has 27 heavy (non-hydrogen) atoms. The molecule has 2 saturated heterocycles. The number of carbonyl (C=O) groups is 1. The van der Waals surface area contributed by atoms with Crippen LogP contribution < -0.4 is 5.32 Å². The molecule has 2 N–H and O–H groups in total. The first-order valence-electron chi connectivity index (χ1n) is 10.5. The highest BCUT2D eigenvalue weighted by Crippen LogP contribution is 2.24. The summed E-state index contributed by atoms with van der Waals surface area (Å²) in [5, 5.41) is 11.9. The topological polar surface area (TPSA) is 68.7 Å². The lowest BCUT2D eigenvalue weighted by Gasteiger charge is -2.42. The second kappa shape index (κ2) is 10.7. The Labute approximate surface area is 163 Å². The largest absolute Gasteiger partial charge is 0.396 e. The molecule has 0 aromatic carbocycles. The first-order chi connectivity index (χ1) is 13.3. The lowest BCUT2D eigenvalue weighted by Crippen LogP contribution is -2.50. The molecule has 6 nitrogen and oxygen atoms in total. The van der Waals surface area contributed by atoms with Gasteiger partial charge in [-0.15, -0.1) is 0 Å². The number of carbonyl (C=O) groups excluding carboxylic acids is 1. The Bertz CT molecular complexity index is 561. The van der Waals surface area contributed by atoms with Gasteiger partial charge in [-0.05, 0) is 75.9 Å². The van der Waals surface area contributed by atoms with Crippen molar-refractivity contribution in [3.63, 3.8) is 0 Å². The summed E-state index contributed by atoms with van der Waals surface area (Å²) in [6.45, 7) is 6.18. The van der Waals surface area contributed by atoms with Gasteiger partial charge in [-0.3, -0.25) is 19.6 Å². The fourth-order valence-corrected chi connectivity index (χ4v) is 4.33. The quantitative estimate of drug-likeness (QED) is 0.677. The van der Waals surface area contributed by atoms with E-state index in [0.717, 1.165) is 58.4 Å². The number of nitrogens with zero attached hydrogens (tertiary/aromatic N) is 3. The zero-order valence-corrected chi connectivity index (χ0v) is 16.4. The minimum absolute atomic E-state index is 0.128. The van der Waals surface area contributed by atoms with Gasteiger partial charge in [-0.1, -0.05) is 0 Å². The van der Waals surface area contributed by atoms with Crippen LogP contribution in [0, 0.1) is 5.92 Å². The Hall–Kier alpha value is -1.50. The third-order valence-corrected chi connectivity index (χ3v) is 5.94. The van der Waals surface area contributed by atoms with Crippen LogP contribution in [0.15, 0.2) is 24.5 Å². The van der Waals surface area contributed by atoms with Crippen molar-refractivity contribution in [2.24, 2.45) is 5.92 Å². The lowest BCUT2D eigenvalue weighted by atomic mass is 9.93. The maximum Gasteiger partial charge on any atom is 0.224 e. The number of hydrogen-bond acceptors (Lipinski definition) is 5. The van der Waals surface area contributed by atoms with Crippen LogP contribution in [0.1, 0.15) is 44.1 Å². The molecule has 1 atom stereocenters. The van der Waals surface area contributed by atoms with E-state index in [4.69, 9.17) is 5.11 Å². The van der Waals surface area contributed by atoms with Crippen LogP contribution in [-0.2, 0) is 11.3 Å². The van der Waals surface area contributed by atoms with E-state index in [9.17, 15) is 4.79 Å². The normalized spacial score (nSPS) is 22.6. The van der Waals surface area contributed by atoms with Gasteiger partial charge in [-0.2, -0.15) is 0 Å². The molecule has 0 radical (unpaired) electrons. The predicted octanol–water partition coefficient (Wildman–Crippen LogP) is 1.65. The zero-order valence-electron chi connectivity index (χ0n) is 16.4. The van der Waals surface area contributed by atoms with Gasteiger partial charge < -0.3 is 10.4 Å². The maximum atomic E-state index is 12.4. The Kier molecular flexibility index (Phi) is 8.05. The number of nitrogens with one attached hydrogen (secondary N) is 1. The second-order valence-electron chi connectivity index (χ2n) is 7.92. The van der Waals surface area contributed by atoms with Crippen molar-refractivity contribution in [1.82, 2.24) is 20.1 Å². The number of aliphatic hydroxyl groups is 1. The molecule has 150 valence electrons. The van der Waals surface area contributed by atoms with Crippen LogP contribution in [-0.4, -0.2) is 71.2 Å². The van der Waals surface area contributed by atoms with Gasteiger partial charge in [0.25, 0.3) is 0 Å². The van der Waals surface area contributed by atoms with E-state index in [1.165, 1.54) is 18.4 Å². The van der Waals surface area contributed by atoms with Crippen molar-refractivity contribution < 1.29 is 9.90 Å². The summed E-state index contributed by atoms with van der Waals surface area (Å²) in [7, 11) is 0. The van der Waals surface area contributed by atoms with E-state index in [1.807, 2.05) is 12.4 Å². The summed E-state index contributed by atoms with van der Waals surface area (Å²) in [4.78, 5) is 21.6. The minimum Gasteiger partial charge on any atom is -0.396 e. The van der Waals surface area contributed by atoms with Crippen molar-refractivity contribution in [2.75, 3.05) is 39.3 Å². The Balaban J connectivity index is 1.40. The molecular formula is C21H34N4O2. The molecule has 0 bridgehead atoms. The van der Waals surface area contributed by atoms with Gasteiger partial charge in [0.15, 0.2) is 0 Å². The summed E-state index contributed by atoms with van der Waals surface area (Å²) < 4.78 is 0. The molecule has 1 amide bonds. The molecular weight excluding hydrogens is 340 g/mol. The van der Waals surface area contributed by atoms with Crippen molar-refractivity contribution in [2.45, 2.75) is 51.1 Å². The minimum atomic E-state index is 0.128. The number of aliphatic hydroxyl groups excluding tert-OH is 1. The Morgan fingerprint density at radius 3 is 2.67 bits per heavy atom. The van der Waals surface area contributed by atoms with E-state index in [2.05, 4.69) is 32.2 Å². The van der Waals surface area contributed by atoms with Crippen molar-refractivity contribution in [1.29, 1.82) is 0 Å². The molecule has 3 heterocycles. The van der Waals surface area contributed by atoms with Crippen LogP contribution in [0.4, 0.5) is 0 Å². The van der Waals surface area contributed by atoms with E-state index in [1.54, 1.807) is 0 Å². The van der Waals surface area contributed by atoms with Crippen LogP contribution >= 0.6 is 0 Å². The van der Waals surface area contributed by atoms with Gasteiger partial charge in [0.1, 0.15) is 0 Å². The SMILES string of the molecule is O=C(NCCCCO)[C@@H]1CCCN(C2CCN(Cc3ccncc3)CC2)C1. The molecule has 0 spiro atoms. The Morgan fingerprint density at radius 1 is 1.15 bits per heavy atom. The summed E-state index contributed by atoms with van der Waals surface area (Å²) in [5.41, 5.74) is 1.33. The van der Waals surface area contributed by atoms with E-state index in [0.29, 0.717) is 12.6 Å². The molecule has 0 saturated carbocycles. The smallest absolute Gasteiger partial charge is 0.224 e. The standard InChI is InChI=1S/C21H34N4O2/c26-15-2-1-9-23-21(27)19-4-3-12-25(17-19)20-7-13-24(14-8-20)16-18-5-10-22-11-6-18/h5-6,10-11,19-20,26H,1-4,7-9,12-17H2,(H,23,27)/t19-/m1/s1.